The second-order valence-electron chi connectivity index (χ2n) is 4.68. The highest BCUT2D eigenvalue weighted by molar-refractivity contribution is 5.69. The lowest BCUT2D eigenvalue weighted by atomic mass is 10.1. The molecule has 0 aliphatic rings. The van der Waals surface area contributed by atoms with E-state index in [0.717, 1.165) is 11.3 Å². The Labute approximate surface area is 120 Å². The Hall–Kier alpha value is -2.54. The summed E-state index contributed by atoms with van der Waals surface area (Å²) in [5.41, 5.74) is 8.52. The molecule has 2 aromatic heterocycles. The van der Waals surface area contributed by atoms with Gasteiger partial charge in [0.2, 0.25) is 0 Å². The zero-order valence-corrected chi connectivity index (χ0v) is 11.4. The van der Waals surface area contributed by atoms with Crippen molar-refractivity contribution in [1.82, 2.24) is 19.6 Å². The standard InChI is InChI=1S/C14H14FN5O/c1-8-12(9-2-4-10(15)5-3-9)18-13(16)14-17-11(6-7-21)19-20(8)14/h2-5,21H,6-7H2,1H3,(H2,16,18). The van der Waals surface area contributed by atoms with Crippen LogP contribution in [-0.4, -0.2) is 31.3 Å². The van der Waals surface area contributed by atoms with Crippen LogP contribution in [0, 0.1) is 12.7 Å². The van der Waals surface area contributed by atoms with E-state index in [0.29, 0.717) is 23.6 Å². The van der Waals surface area contributed by atoms with Crippen LogP contribution < -0.4 is 5.73 Å². The molecule has 0 fully saturated rings. The maximum atomic E-state index is 13.0. The molecule has 3 rings (SSSR count). The molecule has 108 valence electrons. The normalized spacial score (nSPS) is 11.2. The average molecular weight is 287 g/mol. The van der Waals surface area contributed by atoms with E-state index in [1.165, 1.54) is 12.1 Å². The van der Waals surface area contributed by atoms with E-state index in [4.69, 9.17) is 10.8 Å². The fourth-order valence-electron chi connectivity index (χ4n) is 2.19. The van der Waals surface area contributed by atoms with Crippen molar-refractivity contribution < 1.29 is 9.50 Å². The van der Waals surface area contributed by atoms with Gasteiger partial charge in [0.25, 0.3) is 0 Å². The second-order valence-corrected chi connectivity index (χ2v) is 4.68. The molecule has 7 heteroatoms. The van der Waals surface area contributed by atoms with Crippen LogP contribution in [-0.2, 0) is 6.42 Å². The van der Waals surface area contributed by atoms with E-state index < -0.39 is 0 Å². The Bertz CT molecular complexity index is 797. The molecule has 1 aromatic carbocycles. The first-order valence-corrected chi connectivity index (χ1v) is 6.48. The third kappa shape index (κ3) is 2.31. The number of fused-ring (bicyclic) bond motifs is 1. The van der Waals surface area contributed by atoms with Gasteiger partial charge < -0.3 is 10.8 Å². The maximum absolute atomic E-state index is 13.0. The summed E-state index contributed by atoms with van der Waals surface area (Å²) in [6.07, 6.45) is 0.354. The van der Waals surface area contributed by atoms with Crippen LogP contribution in [0.15, 0.2) is 24.3 Å². The third-order valence-electron chi connectivity index (χ3n) is 3.23. The van der Waals surface area contributed by atoms with Crippen molar-refractivity contribution in [2.75, 3.05) is 12.3 Å². The maximum Gasteiger partial charge on any atom is 0.198 e. The highest BCUT2D eigenvalue weighted by Gasteiger charge is 2.15. The van der Waals surface area contributed by atoms with Crippen LogP contribution in [0.4, 0.5) is 10.2 Å². The molecular weight excluding hydrogens is 273 g/mol. The average Bonchev–Trinajstić information content (AvgIpc) is 2.89. The minimum absolute atomic E-state index is 0.0336. The minimum atomic E-state index is -0.309. The van der Waals surface area contributed by atoms with Gasteiger partial charge in [-0.15, -0.1) is 0 Å². The quantitative estimate of drug-likeness (QED) is 0.759. The number of aliphatic hydroxyl groups is 1. The Morgan fingerprint density at radius 3 is 2.62 bits per heavy atom. The number of rotatable bonds is 3. The lowest BCUT2D eigenvalue weighted by Gasteiger charge is -2.08. The predicted octanol–water partition coefficient (Wildman–Crippen LogP) is 1.36. The third-order valence-corrected chi connectivity index (χ3v) is 3.23. The molecule has 3 N–H and O–H groups in total. The van der Waals surface area contributed by atoms with Crippen molar-refractivity contribution in [3.8, 4) is 11.3 Å². The number of anilines is 1. The van der Waals surface area contributed by atoms with Gasteiger partial charge in [-0.3, -0.25) is 0 Å². The SMILES string of the molecule is Cc1c(-c2ccc(F)cc2)nc(N)c2nc(CCO)nn12. The Morgan fingerprint density at radius 1 is 1.24 bits per heavy atom. The molecule has 0 spiro atoms. The first-order valence-electron chi connectivity index (χ1n) is 6.48. The van der Waals surface area contributed by atoms with E-state index in [-0.39, 0.29) is 18.2 Å². The molecule has 0 saturated heterocycles. The summed E-state index contributed by atoms with van der Waals surface area (Å²) >= 11 is 0. The largest absolute Gasteiger partial charge is 0.396 e. The summed E-state index contributed by atoms with van der Waals surface area (Å²) in [6, 6.07) is 6.02. The fourth-order valence-corrected chi connectivity index (χ4v) is 2.19. The number of hydrogen-bond donors (Lipinski definition) is 2. The van der Waals surface area contributed by atoms with E-state index in [1.54, 1.807) is 16.6 Å². The van der Waals surface area contributed by atoms with Crippen molar-refractivity contribution in [2.24, 2.45) is 0 Å². The Balaban J connectivity index is 2.20. The van der Waals surface area contributed by atoms with Crippen LogP contribution in [0.25, 0.3) is 16.9 Å². The predicted molar refractivity (Wildman–Crippen MR) is 76.1 cm³/mol. The van der Waals surface area contributed by atoms with Gasteiger partial charge in [-0.2, -0.15) is 5.10 Å². The number of nitrogens with zero attached hydrogens (tertiary/aromatic N) is 4. The number of aromatic nitrogens is 4. The first kappa shape index (κ1) is 13.4. The Kier molecular flexibility index (Phi) is 3.26. The molecule has 0 amide bonds. The van der Waals surface area contributed by atoms with Crippen LogP contribution in [0.2, 0.25) is 0 Å². The van der Waals surface area contributed by atoms with E-state index in [1.807, 2.05) is 6.92 Å². The summed E-state index contributed by atoms with van der Waals surface area (Å²) in [5, 5.41) is 13.3. The van der Waals surface area contributed by atoms with Gasteiger partial charge in [0.15, 0.2) is 17.3 Å². The first-order chi connectivity index (χ1) is 10.1. The number of aliphatic hydroxyl groups excluding tert-OH is 1. The van der Waals surface area contributed by atoms with Gasteiger partial charge in [0.1, 0.15) is 5.82 Å². The van der Waals surface area contributed by atoms with Gasteiger partial charge in [0, 0.05) is 12.0 Å². The molecule has 0 bridgehead atoms. The van der Waals surface area contributed by atoms with Crippen molar-refractivity contribution >= 4 is 11.5 Å². The van der Waals surface area contributed by atoms with Gasteiger partial charge in [-0.1, -0.05) is 0 Å². The molecule has 0 aliphatic heterocycles. The van der Waals surface area contributed by atoms with Crippen molar-refractivity contribution in [1.29, 1.82) is 0 Å². The fraction of sp³-hybridized carbons (Fsp3) is 0.214. The molecule has 3 aromatic rings. The summed E-state index contributed by atoms with van der Waals surface area (Å²) in [5.74, 6) is 0.443. The topological polar surface area (TPSA) is 89.3 Å². The van der Waals surface area contributed by atoms with E-state index >= 15 is 0 Å². The summed E-state index contributed by atoms with van der Waals surface area (Å²) in [6.45, 7) is 1.81. The zero-order valence-electron chi connectivity index (χ0n) is 11.4. The highest BCUT2D eigenvalue weighted by atomic mass is 19.1. The molecule has 0 unspecified atom stereocenters. The molecule has 0 atom stereocenters. The lowest BCUT2D eigenvalue weighted by molar-refractivity contribution is 0.296. The number of halogens is 1. The summed E-state index contributed by atoms with van der Waals surface area (Å²) in [7, 11) is 0. The molecule has 0 saturated carbocycles. The van der Waals surface area contributed by atoms with Gasteiger partial charge >= 0.3 is 0 Å². The summed E-state index contributed by atoms with van der Waals surface area (Å²) in [4.78, 5) is 8.60. The van der Waals surface area contributed by atoms with E-state index in [2.05, 4.69) is 15.1 Å². The van der Waals surface area contributed by atoms with Gasteiger partial charge in [-0.05, 0) is 31.2 Å². The van der Waals surface area contributed by atoms with Gasteiger partial charge in [0.05, 0.1) is 18.0 Å². The lowest BCUT2D eigenvalue weighted by Crippen LogP contribution is -2.04. The van der Waals surface area contributed by atoms with Crippen LogP contribution in [0.5, 0.6) is 0 Å². The highest BCUT2D eigenvalue weighted by Crippen LogP contribution is 2.24. The monoisotopic (exact) mass is 287 g/mol. The molecule has 6 nitrogen and oxygen atoms in total. The number of hydrogen-bond acceptors (Lipinski definition) is 5. The van der Waals surface area contributed by atoms with E-state index in [9.17, 15) is 4.39 Å². The van der Waals surface area contributed by atoms with Crippen LogP contribution in [0.1, 0.15) is 11.5 Å². The number of aryl methyl sites for hydroxylation is 1. The number of nitrogen functional groups attached to an aromatic ring is 1. The molecule has 2 heterocycles. The molecule has 21 heavy (non-hydrogen) atoms. The van der Waals surface area contributed by atoms with Crippen molar-refractivity contribution in [2.45, 2.75) is 13.3 Å². The minimum Gasteiger partial charge on any atom is -0.396 e. The van der Waals surface area contributed by atoms with Crippen LogP contribution in [0.3, 0.4) is 0 Å². The Morgan fingerprint density at radius 2 is 1.95 bits per heavy atom. The second kappa shape index (κ2) is 5.10. The smallest absolute Gasteiger partial charge is 0.198 e. The molecular formula is C14H14FN5O. The zero-order chi connectivity index (χ0) is 15.0. The number of nitrogens with two attached hydrogens (primary N) is 1. The van der Waals surface area contributed by atoms with Crippen molar-refractivity contribution in [3.05, 3.63) is 41.6 Å². The molecule has 0 radical (unpaired) electrons. The summed E-state index contributed by atoms with van der Waals surface area (Å²) < 4.78 is 14.6. The van der Waals surface area contributed by atoms with Crippen LogP contribution >= 0.6 is 0 Å². The molecule has 0 aliphatic carbocycles. The van der Waals surface area contributed by atoms with Crippen molar-refractivity contribution in [3.63, 3.8) is 0 Å². The number of benzene rings is 1. The van der Waals surface area contributed by atoms with Gasteiger partial charge in [-0.25, -0.2) is 18.9 Å².